The van der Waals surface area contributed by atoms with E-state index in [2.05, 4.69) is 4.90 Å². The summed E-state index contributed by atoms with van der Waals surface area (Å²) in [4.78, 5) is 32.3. The summed E-state index contributed by atoms with van der Waals surface area (Å²) in [7, 11) is 1.56. The Morgan fingerprint density at radius 2 is 1.68 bits per heavy atom. The number of carbonyl (C=O) groups is 1. The van der Waals surface area contributed by atoms with Crippen LogP contribution in [-0.4, -0.2) is 59.7 Å². The molecule has 5 aromatic rings. The third-order valence-corrected chi connectivity index (χ3v) is 9.73. The van der Waals surface area contributed by atoms with E-state index < -0.39 is 98.6 Å². The number of nitrogens with zero attached hydrogens (tertiary/aromatic N) is 3. The number of benzene rings is 4. The molecule has 2 heterocycles. The zero-order chi connectivity index (χ0) is 44.8. The number of rotatable bonds is 12. The molecule has 0 aliphatic carbocycles. The van der Waals surface area contributed by atoms with E-state index in [1.807, 2.05) is 0 Å². The van der Waals surface area contributed by atoms with Crippen molar-refractivity contribution in [2.75, 3.05) is 33.4 Å². The van der Waals surface area contributed by atoms with E-state index in [9.17, 15) is 25.1 Å². The molecule has 4 aromatic carbocycles. The molecule has 278 valence electrons. The molecule has 1 aromatic heterocycles. The Hall–Kier alpha value is -4.52. The summed E-state index contributed by atoms with van der Waals surface area (Å²) in [5.41, 5.74) is -5.28. The molecule has 0 saturated carbocycles. The lowest BCUT2D eigenvalue weighted by molar-refractivity contribution is -0.137. The summed E-state index contributed by atoms with van der Waals surface area (Å²) >= 11 is -0.0472. The van der Waals surface area contributed by atoms with Crippen LogP contribution in [0, 0.1) is 18.6 Å². The zero-order valence-electron chi connectivity index (χ0n) is 36.7. The maximum atomic E-state index is 15.1. The van der Waals surface area contributed by atoms with Crippen molar-refractivity contribution in [2.24, 2.45) is 0 Å². The Labute approximate surface area is 320 Å². The number of amides is 1. The highest BCUT2D eigenvalue weighted by atomic mass is 32.2. The molecule has 1 fully saturated rings. The number of alkyl halides is 3. The van der Waals surface area contributed by atoms with Crippen LogP contribution in [0.2, 0.25) is 0 Å². The first-order valence-electron chi connectivity index (χ1n) is 20.7. The fourth-order valence-electron chi connectivity index (χ4n) is 6.05. The van der Waals surface area contributed by atoms with Crippen molar-refractivity contribution in [2.45, 2.75) is 55.8 Å². The Morgan fingerprint density at radius 1 is 1.00 bits per heavy atom. The molecule has 1 amide bonds. The number of piperidine rings is 1. The van der Waals surface area contributed by atoms with Gasteiger partial charge in [0.15, 0.2) is 17.1 Å². The van der Waals surface area contributed by atoms with Crippen molar-refractivity contribution >= 4 is 28.6 Å². The monoisotopic (exact) mass is 757 g/mol. The molecule has 0 bridgehead atoms. The average Bonchev–Trinajstić information content (AvgIpc) is 3.22. The van der Waals surface area contributed by atoms with Gasteiger partial charge in [-0.15, -0.1) is 11.8 Å². The maximum absolute atomic E-state index is 15.1. The topological polar surface area (TPSA) is 54.8 Å². The molecule has 53 heavy (non-hydrogen) atoms. The average molecular weight is 758 g/mol. The smallest absolute Gasteiger partial charge is 0.383 e. The molecular formula is C41H40F5N3O3S. The summed E-state index contributed by atoms with van der Waals surface area (Å²) in [6.45, 7) is -0.317. The fourth-order valence-corrected chi connectivity index (χ4v) is 6.79. The molecule has 0 atom stereocenters. The van der Waals surface area contributed by atoms with Crippen molar-refractivity contribution < 1.29 is 42.4 Å². The number of methoxy groups -OCH3 is 1. The second-order valence-electron chi connectivity index (χ2n) is 12.5. The minimum absolute atomic E-state index is 0.0472. The Balaban J connectivity index is 1.49. The number of carbonyl (C=O) groups excluding carboxylic acids is 1. The molecule has 1 aliphatic heterocycles. The van der Waals surface area contributed by atoms with Crippen LogP contribution >= 0.6 is 11.8 Å². The van der Waals surface area contributed by atoms with Gasteiger partial charge in [0.05, 0.1) is 30.9 Å². The Morgan fingerprint density at radius 3 is 2.34 bits per heavy atom. The number of thioether (sulfide) groups is 1. The van der Waals surface area contributed by atoms with Crippen molar-refractivity contribution in [3.63, 3.8) is 0 Å². The summed E-state index contributed by atoms with van der Waals surface area (Å²) in [6.07, 6.45) is -3.81. The first kappa shape index (κ1) is 28.9. The van der Waals surface area contributed by atoms with E-state index in [4.69, 9.17) is 13.0 Å². The van der Waals surface area contributed by atoms with Gasteiger partial charge in [-0.2, -0.15) is 13.2 Å². The van der Waals surface area contributed by atoms with E-state index in [-0.39, 0.29) is 23.9 Å². The minimum atomic E-state index is -4.52. The van der Waals surface area contributed by atoms with Gasteiger partial charge in [-0.25, -0.2) is 8.78 Å². The number of likely N-dealkylation sites (tertiary alicyclic amines) is 1. The normalized spacial score (nSPS) is 16.9. The van der Waals surface area contributed by atoms with Crippen molar-refractivity contribution in [3.05, 3.63) is 135 Å². The fraction of sp³-hybridized carbons (Fsp3) is 0.317. The highest BCUT2D eigenvalue weighted by molar-refractivity contribution is 7.98. The SMILES string of the molecule is [2H]c1c(C)c([2H])c2c(c1[2H])c(=O)c([2H])c(SC([2H])([2H])c1cccc(F)c1F)n2C([2H])([2H])C(=O)N(Cc1ccc(-c2ccc(C(F)(F)F)cc2)cc1)C1CCN(CCOC)CC1. The van der Waals surface area contributed by atoms with E-state index in [1.165, 1.54) is 24.0 Å². The van der Waals surface area contributed by atoms with E-state index in [0.717, 1.165) is 30.3 Å². The molecule has 0 radical (unpaired) electrons. The quantitative estimate of drug-likeness (QED) is 0.0942. The van der Waals surface area contributed by atoms with Crippen LogP contribution in [-0.2, 0) is 34.5 Å². The third-order valence-electron chi connectivity index (χ3n) is 8.93. The Bertz CT molecular complexity index is 2520. The lowest BCUT2D eigenvalue weighted by Crippen LogP contribution is -2.48. The highest BCUT2D eigenvalue weighted by Crippen LogP contribution is 2.32. The predicted molar refractivity (Wildman–Crippen MR) is 198 cm³/mol. The van der Waals surface area contributed by atoms with Crippen molar-refractivity contribution in [3.8, 4) is 11.1 Å². The molecule has 1 saturated heterocycles. The Kier molecular flexibility index (Phi) is 9.09. The summed E-state index contributed by atoms with van der Waals surface area (Å²) in [5.74, 6) is -4.23. The van der Waals surface area contributed by atoms with Gasteiger partial charge in [-0.3, -0.25) is 9.59 Å². The van der Waals surface area contributed by atoms with Crippen LogP contribution in [0.3, 0.4) is 0 Å². The minimum Gasteiger partial charge on any atom is -0.383 e. The van der Waals surface area contributed by atoms with Gasteiger partial charge < -0.3 is 19.1 Å². The molecule has 12 heteroatoms. The largest absolute Gasteiger partial charge is 0.416 e. The van der Waals surface area contributed by atoms with Crippen LogP contribution in [0.4, 0.5) is 22.0 Å². The number of pyridine rings is 1. The summed E-state index contributed by atoms with van der Waals surface area (Å²) in [6, 6.07) is 10.1. The van der Waals surface area contributed by atoms with Gasteiger partial charge in [0, 0.05) is 64.8 Å². The number of hydrogen-bond donors (Lipinski definition) is 0. The molecular weight excluding hydrogens is 710 g/mol. The summed E-state index contributed by atoms with van der Waals surface area (Å²) in [5, 5.41) is -1.59. The van der Waals surface area contributed by atoms with E-state index in [0.29, 0.717) is 60.3 Å². The highest BCUT2D eigenvalue weighted by Gasteiger charge is 2.31. The van der Waals surface area contributed by atoms with Crippen LogP contribution in [0.5, 0.6) is 0 Å². The number of hydrogen-bond acceptors (Lipinski definition) is 5. The summed E-state index contributed by atoms with van der Waals surface area (Å²) < 4.78 is 147. The lowest BCUT2D eigenvalue weighted by Gasteiger charge is -2.39. The molecule has 6 rings (SSSR count). The molecule has 0 spiro atoms. The van der Waals surface area contributed by atoms with Gasteiger partial charge in [0.2, 0.25) is 5.91 Å². The second kappa shape index (κ2) is 16.7. The van der Waals surface area contributed by atoms with Crippen LogP contribution in [0.25, 0.3) is 22.0 Å². The van der Waals surface area contributed by atoms with Gasteiger partial charge in [-0.05, 0) is 72.3 Å². The second-order valence-corrected chi connectivity index (χ2v) is 13.3. The first-order chi connectivity index (χ1) is 28.6. The number of ether oxygens (including phenoxy) is 1. The number of aromatic nitrogens is 1. The van der Waals surface area contributed by atoms with Gasteiger partial charge in [0.1, 0.15) is 6.50 Å². The van der Waals surface area contributed by atoms with Gasteiger partial charge in [0.25, 0.3) is 0 Å². The van der Waals surface area contributed by atoms with Crippen LogP contribution in [0.1, 0.15) is 46.1 Å². The van der Waals surface area contributed by atoms with Crippen molar-refractivity contribution in [1.29, 1.82) is 0 Å². The lowest BCUT2D eigenvalue weighted by atomic mass is 10.00. The van der Waals surface area contributed by atoms with E-state index in [1.54, 1.807) is 31.4 Å². The number of fused-ring (bicyclic) bond motifs is 1. The van der Waals surface area contributed by atoms with Gasteiger partial charge >= 0.3 is 6.18 Å². The third kappa shape index (κ3) is 9.17. The predicted octanol–water partition coefficient (Wildman–Crippen LogP) is 8.71. The molecule has 0 N–H and O–H groups in total. The molecule has 1 aliphatic rings. The zero-order valence-corrected chi connectivity index (χ0v) is 29.6. The molecule has 0 unspecified atom stereocenters. The first-order valence-corrected chi connectivity index (χ1v) is 17.5. The van der Waals surface area contributed by atoms with Crippen molar-refractivity contribution in [1.82, 2.24) is 14.4 Å². The van der Waals surface area contributed by atoms with Crippen LogP contribution < -0.4 is 5.43 Å². The standard InChI is InChI=1S/C41H40F5N3O3S/c1-27-6-15-34-36(22-27)49(39(23-37(34)50)53-26-31-4-3-5-35(42)40(31)43)25-38(51)48(33-16-18-47(19-17-33)20-21-52-2)24-28-7-9-29(10-8-28)30-11-13-32(14-12-30)41(44,45)46/h3-15,22-23,33H,16-21,24-26H2,1-2H3/i6D,15D,22D,23D,25D2,26D2. The van der Waals surface area contributed by atoms with Gasteiger partial charge in [-0.1, -0.05) is 54.6 Å². The van der Waals surface area contributed by atoms with Crippen LogP contribution in [0.15, 0.2) is 101 Å². The molecule has 6 nitrogen and oxygen atoms in total. The number of halogens is 5. The van der Waals surface area contributed by atoms with E-state index >= 15 is 9.18 Å². The maximum Gasteiger partial charge on any atom is 0.416 e.